The highest BCUT2D eigenvalue weighted by atomic mass is 32.1. The zero-order valence-corrected chi connectivity index (χ0v) is 17.9. The summed E-state index contributed by atoms with van der Waals surface area (Å²) in [5.74, 6) is 0.0562. The van der Waals surface area contributed by atoms with Gasteiger partial charge in [-0.25, -0.2) is 9.78 Å². The van der Waals surface area contributed by atoms with Gasteiger partial charge >= 0.3 is 5.97 Å². The SMILES string of the molecule is COC(=O)c1cccc(Cn2cnc3scc(-c4ccc(C(C)C)cc4)c3c2=O)c1. The molecule has 152 valence electrons. The van der Waals surface area contributed by atoms with Crippen molar-refractivity contribution in [3.8, 4) is 11.1 Å². The van der Waals surface area contributed by atoms with Crippen molar-refractivity contribution in [2.75, 3.05) is 7.11 Å². The second kappa shape index (κ2) is 8.24. The molecule has 0 unspecified atom stereocenters. The number of hydrogen-bond donors (Lipinski definition) is 0. The van der Waals surface area contributed by atoms with E-state index in [1.165, 1.54) is 24.0 Å². The molecule has 0 spiro atoms. The van der Waals surface area contributed by atoms with Gasteiger partial charge in [0, 0.05) is 10.9 Å². The second-order valence-corrected chi connectivity index (χ2v) is 8.33. The van der Waals surface area contributed by atoms with E-state index >= 15 is 0 Å². The zero-order valence-electron chi connectivity index (χ0n) is 17.1. The average Bonchev–Trinajstić information content (AvgIpc) is 3.20. The van der Waals surface area contributed by atoms with Crippen molar-refractivity contribution in [2.24, 2.45) is 0 Å². The summed E-state index contributed by atoms with van der Waals surface area (Å²) >= 11 is 1.47. The summed E-state index contributed by atoms with van der Waals surface area (Å²) in [6.07, 6.45) is 1.57. The van der Waals surface area contributed by atoms with Gasteiger partial charge in [-0.3, -0.25) is 9.36 Å². The standard InChI is InChI=1S/C24H22N2O3S/c1-15(2)17-7-9-18(10-8-17)20-13-30-22-21(20)23(27)26(14-25-22)12-16-5-4-6-19(11-16)24(28)29-3/h4-11,13-15H,12H2,1-3H3. The minimum atomic E-state index is -0.400. The molecule has 0 aliphatic rings. The predicted octanol–water partition coefficient (Wildman–Crippen LogP) is 5.08. The molecule has 0 saturated carbocycles. The molecule has 0 atom stereocenters. The Labute approximate surface area is 178 Å². The highest BCUT2D eigenvalue weighted by molar-refractivity contribution is 7.17. The third-order valence-electron chi connectivity index (χ3n) is 5.15. The van der Waals surface area contributed by atoms with Crippen LogP contribution in [0.2, 0.25) is 0 Å². The van der Waals surface area contributed by atoms with Gasteiger partial charge in [0.25, 0.3) is 5.56 Å². The molecule has 2 aromatic carbocycles. The minimum absolute atomic E-state index is 0.0901. The van der Waals surface area contributed by atoms with Gasteiger partial charge in [0.2, 0.25) is 0 Å². The summed E-state index contributed by atoms with van der Waals surface area (Å²) in [6.45, 7) is 4.65. The molecule has 0 bridgehead atoms. The normalized spacial score (nSPS) is 11.2. The fourth-order valence-electron chi connectivity index (χ4n) is 3.45. The van der Waals surface area contributed by atoms with Gasteiger partial charge in [-0.15, -0.1) is 11.3 Å². The van der Waals surface area contributed by atoms with Crippen molar-refractivity contribution in [1.29, 1.82) is 0 Å². The Kier molecular flexibility index (Phi) is 5.50. The molecule has 0 fully saturated rings. The van der Waals surface area contributed by atoms with E-state index in [9.17, 15) is 9.59 Å². The lowest BCUT2D eigenvalue weighted by Gasteiger charge is -2.09. The predicted molar refractivity (Wildman–Crippen MR) is 120 cm³/mol. The van der Waals surface area contributed by atoms with Crippen LogP contribution in [-0.2, 0) is 11.3 Å². The number of benzene rings is 2. The lowest BCUT2D eigenvalue weighted by Crippen LogP contribution is -2.21. The van der Waals surface area contributed by atoms with Crippen LogP contribution < -0.4 is 5.56 Å². The first-order valence-electron chi connectivity index (χ1n) is 9.72. The van der Waals surface area contributed by atoms with E-state index in [2.05, 4.69) is 43.1 Å². The van der Waals surface area contributed by atoms with E-state index in [1.54, 1.807) is 29.1 Å². The van der Waals surface area contributed by atoms with Crippen molar-refractivity contribution in [1.82, 2.24) is 9.55 Å². The number of aromatic nitrogens is 2. The van der Waals surface area contributed by atoms with Crippen LogP contribution in [0.5, 0.6) is 0 Å². The maximum Gasteiger partial charge on any atom is 0.337 e. The van der Waals surface area contributed by atoms with Gasteiger partial charge in [-0.2, -0.15) is 0 Å². The molecule has 0 amide bonds. The number of carbonyl (C=O) groups excluding carboxylic acids is 1. The quantitative estimate of drug-likeness (QED) is 0.424. The number of hydrogen-bond acceptors (Lipinski definition) is 5. The fraction of sp³-hybridized carbons (Fsp3) is 0.208. The number of nitrogens with zero attached hydrogens (tertiary/aromatic N) is 2. The Morgan fingerprint density at radius 3 is 2.63 bits per heavy atom. The van der Waals surface area contributed by atoms with Crippen molar-refractivity contribution in [2.45, 2.75) is 26.3 Å². The molecule has 0 radical (unpaired) electrons. The molecule has 4 rings (SSSR count). The van der Waals surface area contributed by atoms with Crippen LogP contribution >= 0.6 is 11.3 Å². The Hall–Kier alpha value is -3.25. The number of methoxy groups -OCH3 is 1. The molecule has 30 heavy (non-hydrogen) atoms. The van der Waals surface area contributed by atoms with Crippen LogP contribution in [0.4, 0.5) is 0 Å². The number of esters is 1. The maximum absolute atomic E-state index is 13.3. The van der Waals surface area contributed by atoms with Crippen LogP contribution in [0.1, 0.15) is 41.3 Å². The number of thiophene rings is 1. The van der Waals surface area contributed by atoms with E-state index < -0.39 is 5.97 Å². The first-order valence-corrected chi connectivity index (χ1v) is 10.6. The summed E-state index contributed by atoms with van der Waals surface area (Å²) < 4.78 is 6.36. The van der Waals surface area contributed by atoms with E-state index in [-0.39, 0.29) is 5.56 Å². The smallest absolute Gasteiger partial charge is 0.337 e. The monoisotopic (exact) mass is 418 g/mol. The first-order chi connectivity index (χ1) is 14.5. The summed E-state index contributed by atoms with van der Waals surface area (Å²) in [5, 5.41) is 2.62. The molecule has 4 aromatic rings. The molecule has 6 heteroatoms. The maximum atomic E-state index is 13.3. The van der Waals surface area contributed by atoms with E-state index in [0.717, 1.165) is 21.5 Å². The van der Waals surface area contributed by atoms with Gasteiger partial charge in [0.15, 0.2) is 0 Å². The third-order valence-corrected chi connectivity index (χ3v) is 6.04. The Morgan fingerprint density at radius 1 is 1.17 bits per heavy atom. The zero-order chi connectivity index (χ0) is 21.3. The summed E-state index contributed by atoms with van der Waals surface area (Å²) in [7, 11) is 1.35. The van der Waals surface area contributed by atoms with Crippen LogP contribution in [0.15, 0.2) is 65.0 Å². The molecule has 2 heterocycles. The Bertz CT molecular complexity index is 1270. The van der Waals surface area contributed by atoms with Gasteiger partial charge in [0.05, 0.1) is 30.9 Å². The Morgan fingerprint density at radius 2 is 1.93 bits per heavy atom. The molecule has 0 N–H and O–H groups in total. The number of rotatable bonds is 5. The van der Waals surface area contributed by atoms with E-state index in [1.807, 2.05) is 11.4 Å². The van der Waals surface area contributed by atoms with E-state index in [0.29, 0.717) is 23.4 Å². The van der Waals surface area contributed by atoms with Gasteiger partial charge in [-0.05, 0) is 34.7 Å². The molecule has 2 aromatic heterocycles. The first kappa shape index (κ1) is 20.0. The van der Waals surface area contributed by atoms with Crippen LogP contribution in [0, 0.1) is 0 Å². The number of fused-ring (bicyclic) bond motifs is 1. The molecule has 0 aliphatic carbocycles. The molecular weight excluding hydrogens is 396 g/mol. The van der Waals surface area contributed by atoms with Gasteiger partial charge in [-0.1, -0.05) is 50.2 Å². The van der Waals surface area contributed by atoms with Crippen molar-refractivity contribution in [3.05, 3.63) is 87.3 Å². The largest absolute Gasteiger partial charge is 0.465 e. The van der Waals surface area contributed by atoms with Crippen molar-refractivity contribution in [3.63, 3.8) is 0 Å². The van der Waals surface area contributed by atoms with Crippen LogP contribution in [0.25, 0.3) is 21.3 Å². The van der Waals surface area contributed by atoms with Crippen molar-refractivity contribution < 1.29 is 9.53 Å². The topological polar surface area (TPSA) is 61.2 Å². The van der Waals surface area contributed by atoms with Crippen molar-refractivity contribution >= 4 is 27.5 Å². The average molecular weight is 419 g/mol. The third kappa shape index (κ3) is 3.78. The van der Waals surface area contributed by atoms with Gasteiger partial charge < -0.3 is 4.74 Å². The number of ether oxygens (including phenoxy) is 1. The number of carbonyl (C=O) groups is 1. The molecule has 0 saturated heterocycles. The summed E-state index contributed by atoms with van der Waals surface area (Å²) in [5.41, 5.74) is 4.38. The minimum Gasteiger partial charge on any atom is -0.465 e. The highest BCUT2D eigenvalue weighted by Crippen LogP contribution is 2.31. The summed E-state index contributed by atoms with van der Waals surface area (Å²) in [6, 6.07) is 15.4. The summed E-state index contributed by atoms with van der Waals surface area (Å²) in [4.78, 5) is 30.3. The lowest BCUT2D eigenvalue weighted by atomic mass is 9.99. The highest BCUT2D eigenvalue weighted by Gasteiger charge is 2.14. The van der Waals surface area contributed by atoms with Crippen LogP contribution in [-0.4, -0.2) is 22.6 Å². The fourth-order valence-corrected chi connectivity index (χ4v) is 4.36. The molecule has 0 aliphatic heterocycles. The van der Waals surface area contributed by atoms with E-state index in [4.69, 9.17) is 4.74 Å². The lowest BCUT2D eigenvalue weighted by molar-refractivity contribution is 0.0600. The molecule has 5 nitrogen and oxygen atoms in total. The second-order valence-electron chi connectivity index (χ2n) is 7.48. The van der Waals surface area contributed by atoms with Crippen LogP contribution in [0.3, 0.4) is 0 Å². The van der Waals surface area contributed by atoms with Gasteiger partial charge in [0.1, 0.15) is 4.83 Å². The molecular formula is C24H22N2O3S. The Balaban J connectivity index is 1.73.